The van der Waals surface area contributed by atoms with Gasteiger partial charge < -0.3 is 16.0 Å². The zero-order chi connectivity index (χ0) is 18.3. The predicted molar refractivity (Wildman–Crippen MR) is 100 cm³/mol. The number of hydrogen-bond donors (Lipinski definition) is 2. The maximum atomic E-state index is 15.2. The van der Waals surface area contributed by atoms with Crippen LogP contribution in [-0.4, -0.2) is 41.6 Å². The van der Waals surface area contributed by atoms with Crippen molar-refractivity contribution in [2.24, 2.45) is 10.7 Å². The van der Waals surface area contributed by atoms with E-state index in [1.807, 2.05) is 43.3 Å². The van der Waals surface area contributed by atoms with Gasteiger partial charge in [-0.25, -0.2) is 9.38 Å². The number of carbonyl (C=O) groups excluding carboxylic acids is 1. The number of nitrogens with two attached hydrogens (primary N) is 1. The molecule has 4 rings (SSSR count). The SMILES string of the molecule is Cc1ccc(C(=O)N2CC[C@]3(N=C(N)c4ccccc4N3)[C@@H](F)C2)cc1. The first-order valence-corrected chi connectivity index (χ1v) is 8.71. The van der Waals surface area contributed by atoms with E-state index < -0.39 is 11.8 Å². The molecule has 1 saturated heterocycles. The van der Waals surface area contributed by atoms with E-state index >= 15 is 4.39 Å². The zero-order valence-corrected chi connectivity index (χ0v) is 14.6. The Morgan fingerprint density at radius 2 is 2.00 bits per heavy atom. The second-order valence-electron chi connectivity index (χ2n) is 6.93. The van der Waals surface area contributed by atoms with Crippen molar-refractivity contribution in [2.75, 3.05) is 18.4 Å². The molecule has 0 aliphatic carbocycles. The highest BCUT2D eigenvalue weighted by Crippen LogP contribution is 2.36. The Kier molecular flexibility index (Phi) is 3.90. The number of hydrogen-bond acceptors (Lipinski definition) is 4. The van der Waals surface area contributed by atoms with E-state index in [1.165, 1.54) is 0 Å². The summed E-state index contributed by atoms with van der Waals surface area (Å²) in [6.07, 6.45) is -0.988. The number of amides is 1. The smallest absolute Gasteiger partial charge is 0.253 e. The molecule has 2 aromatic rings. The van der Waals surface area contributed by atoms with Crippen LogP contribution in [0.3, 0.4) is 0 Å². The number of alkyl halides is 1. The maximum Gasteiger partial charge on any atom is 0.253 e. The van der Waals surface area contributed by atoms with Crippen LogP contribution in [0.1, 0.15) is 27.9 Å². The van der Waals surface area contributed by atoms with E-state index in [1.54, 1.807) is 17.0 Å². The molecule has 2 aliphatic heterocycles. The molecule has 0 saturated carbocycles. The number of nitrogens with zero attached hydrogens (tertiary/aromatic N) is 2. The summed E-state index contributed by atoms with van der Waals surface area (Å²) in [5.74, 6) is 0.177. The van der Waals surface area contributed by atoms with Gasteiger partial charge >= 0.3 is 0 Å². The Labute approximate surface area is 151 Å². The molecule has 134 valence electrons. The minimum atomic E-state index is -1.35. The van der Waals surface area contributed by atoms with Gasteiger partial charge in [0.15, 0.2) is 11.8 Å². The average Bonchev–Trinajstić information content (AvgIpc) is 2.64. The minimum Gasteiger partial charge on any atom is -0.383 e. The molecule has 2 heterocycles. The molecule has 6 heteroatoms. The van der Waals surface area contributed by atoms with Gasteiger partial charge in [-0.3, -0.25) is 4.79 Å². The Hall–Kier alpha value is -2.89. The molecular formula is C20H21FN4O. The maximum absolute atomic E-state index is 15.2. The third-order valence-corrected chi connectivity index (χ3v) is 5.12. The number of halogens is 1. The van der Waals surface area contributed by atoms with Crippen molar-refractivity contribution in [2.45, 2.75) is 25.2 Å². The van der Waals surface area contributed by atoms with Crippen LogP contribution in [0.25, 0.3) is 0 Å². The van der Waals surface area contributed by atoms with E-state index in [4.69, 9.17) is 5.73 Å². The van der Waals surface area contributed by atoms with E-state index in [2.05, 4.69) is 10.3 Å². The molecule has 1 fully saturated rings. The largest absolute Gasteiger partial charge is 0.383 e. The topological polar surface area (TPSA) is 70.7 Å². The highest BCUT2D eigenvalue weighted by Gasteiger charge is 2.47. The lowest BCUT2D eigenvalue weighted by atomic mass is 9.91. The summed E-state index contributed by atoms with van der Waals surface area (Å²) in [7, 11) is 0. The van der Waals surface area contributed by atoms with Gasteiger partial charge in [-0.15, -0.1) is 0 Å². The lowest BCUT2D eigenvalue weighted by molar-refractivity contribution is 0.0494. The molecule has 2 atom stereocenters. The quantitative estimate of drug-likeness (QED) is 0.829. The summed E-state index contributed by atoms with van der Waals surface area (Å²) in [6, 6.07) is 14.8. The summed E-state index contributed by atoms with van der Waals surface area (Å²) in [5, 5.41) is 3.22. The number of likely N-dealkylation sites (tertiary alicyclic amines) is 1. The van der Waals surface area contributed by atoms with Gasteiger partial charge in [-0.05, 0) is 31.2 Å². The van der Waals surface area contributed by atoms with Crippen molar-refractivity contribution in [3.05, 3.63) is 65.2 Å². The fourth-order valence-electron chi connectivity index (χ4n) is 3.58. The molecule has 0 bridgehead atoms. The Morgan fingerprint density at radius 3 is 2.73 bits per heavy atom. The number of amidine groups is 1. The highest BCUT2D eigenvalue weighted by atomic mass is 19.1. The first-order chi connectivity index (χ1) is 12.5. The fourth-order valence-corrected chi connectivity index (χ4v) is 3.58. The molecular weight excluding hydrogens is 331 g/mol. The van der Waals surface area contributed by atoms with Crippen molar-refractivity contribution in [3.63, 3.8) is 0 Å². The lowest BCUT2D eigenvalue weighted by Gasteiger charge is -2.44. The van der Waals surface area contributed by atoms with Crippen LogP contribution in [0.15, 0.2) is 53.5 Å². The summed E-state index contributed by atoms with van der Waals surface area (Å²) in [4.78, 5) is 18.7. The van der Waals surface area contributed by atoms with Crippen molar-refractivity contribution < 1.29 is 9.18 Å². The molecule has 0 aromatic heterocycles. The van der Waals surface area contributed by atoms with Crippen LogP contribution in [0.5, 0.6) is 0 Å². The van der Waals surface area contributed by atoms with Crippen molar-refractivity contribution in [1.82, 2.24) is 4.90 Å². The van der Waals surface area contributed by atoms with E-state index in [0.717, 1.165) is 16.8 Å². The standard InChI is InChI=1S/C20H21FN4O/c1-13-6-8-14(9-7-13)19(26)25-11-10-20(17(21)12-25)23-16-5-3-2-4-15(16)18(22)24-20/h2-9,17,23H,10-12H2,1H3,(H2,22,24)/t17-,20-/m0/s1. The number of nitrogens with one attached hydrogen (secondary N) is 1. The number of carbonyl (C=O) groups is 1. The monoisotopic (exact) mass is 352 g/mol. The molecule has 0 radical (unpaired) electrons. The molecule has 26 heavy (non-hydrogen) atoms. The molecule has 5 nitrogen and oxygen atoms in total. The minimum absolute atomic E-state index is 0.0152. The Balaban J connectivity index is 1.55. The number of aryl methyl sites for hydroxylation is 1. The molecule has 1 spiro atoms. The number of aliphatic imine (C=N–C) groups is 1. The molecule has 0 unspecified atom stereocenters. The summed E-state index contributed by atoms with van der Waals surface area (Å²) >= 11 is 0. The van der Waals surface area contributed by atoms with E-state index in [0.29, 0.717) is 24.4 Å². The van der Waals surface area contributed by atoms with Crippen LogP contribution in [-0.2, 0) is 0 Å². The second kappa shape index (κ2) is 6.12. The summed E-state index contributed by atoms with van der Waals surface area (Å²) in [5.41, 5.74) is 8.18. The summed E-state index contributed by atoms with van der Waals surface area (Å²) in [6.45, 7) is 2.36. The van der Waals surface area contributed by atoms with Crippen LogP contribution >= 0.6 is 0 Å². The van der Waals surface area contributed by atoms with Crippen LogP contribution in [0.2, 0.25) is 0 Å². The van der Waals surface area contributed by atoms with Crippen molar-refractivity contribution >= 4 is 17.4 Å². The normalized spacial score (nSPS) is 24.6. The van der Waals surface area contributed by atoms with Gasteiger partial charge in [0.05, 0.1) is 6.54 Å². The predicted octanol–water partition coefficient (Wildman–Crippen LogP) is 2.71. The number of para-hydroxylation sites is 1. The third-order valence-electron chi connectivity index (χ3n) is 5.12. The number of anilines is 1. The van der Waals surface area contributed by atoms with Crippen LogP contribution < -0.4 is 11.1 Å². The van der Waals surface area contributed by atoms with Gasteiger partial charge in [0.25, 0.3) is 5.91 Å². The average molecular weight is 352 g/mol. The first-order valence-electron chi connectivity index (χ1n) is 8.71. The molecule has 3 N–H and O–H groups in total. The van der Waals surface area contributed by atoms with Gasteiger partial charge in [0.1, 0.15) is 5.84 Å². The molecule has 2 aromatic carbocycles. The van der Waals surface area contributed by atoms with Gasteiger partial charge in [-0.1, -0.05) is 29.8 Å². The van der Waals surface area contributed by atoms with Crippen molar-refractivity contribution in [1.29, 1.82) is 0 Å². The number of benzene rings is 2. The van der Waals surface area contributed by atoms with Gasteiger partial charge in [0, 0.05) is 29.8 Å². The first kappa shape index (κ1) is 16.6. The van der Waals surface area contributed by atoms with Crippen LogP contribution in [0.4, 0.5) is 10.1 Å². The molecule has 2 aliphatic rings. The zero-order valence-electron chi connectivity index (χ0n) is 14.6. The van der Waals surface area contributed by atoms with Gasteiger partial charge in [-0.2, -0.15) is 0 Å². The fraction of sp³-hybridized carbons (Fsp3) is 0.300. The van der Waals surface area contributed by atoms with Crippen LogP contribution in [0, 0.1) is 6.92 Å². The lowest BCUT2D eigenvalue weighted by Crippen LogP contribution is -2.59. The third kappa shape index (κ3) is 2.71. The number of rotatable bonds is 1. The second-order valence-corrected chi connectivity index (χ2v) is 6.93. The van der Waals surface area contributed by atoms with E-state index in [-0.39, 0.29) is 12.5 Å². The highest BCUT2D eigenvalue weighted by molar-refractivity contribution is 6.04. The van der Waals surface area contributed by atoms with Crippen molar-refractivity contribution in [3.8, 4) is 0 Å². The Bertz CT molecular complexity index is 880. The number of fused-ring (bicyclic) bond motifs is 1. The molecule has 1 amide bonds. The van der Waals surface area contributed by atoms with Gasteiger partial charge in [0.2, 0.25) is 0 Å². The number of piperidine rings is 1. The summed E-state index contributed by atoms with van der Waals surface area (Å²) < 4.78 is 15.2. The van der Waals surface area contributed by atoms with E-state index in [9.17, 15) is 4.79 Å². The Morgan fingerprint density at radius 1 is 1.27 bits per heavy atom.